The average molecular weight is 597 g/mol. The van der Waals surface area contributed by atoms with Crippen molar-refractivity contribution in [2.24, 2.45) is 0 Å². The van der Waals surface area contributed by atoms with Crippen molar-refractivity contribution >= 4 is 5.97 Å². The van der Waals surface area contributed by atoms with E-state index in [1.54, 1.807) is 6.08 Å². The van der Waals surface area contributed by atoms with Gasteiger partial charge in [0.15, 0.2) is 0 Å². The Bertz CT molecular complexity index is 726. The molecule has 0 saturated carbocycles. The van der Waals surface area contributed by atoms with Gasteiger partial charge in [0.1, 0.15) is 6.10 Å². The predicted octanol–water partition coefficient (Wildman–Crippen LogP) is 7.06. The molecule has 0 radical (unpaired) electrons. The fourth-order valence-electron chi connectivity index (χ4n) is 6.40. The van der Waals surface area contributed by atoms with Gasteiger partial charge in [-0.25, -0.2) is 4.79 Å². The Morgan fingerprint density at radius 3 is 1.93 bits per heavy atom. The zero-order chi connectivity index (χ0) is 30.6. The summed E-state index contributed by atoms with van der Waals surface area (Å²) in [4.78, 5) is 11.7. The number of esters is 1. The van der Waals surface area contributed by atoms with Gasteiger partial charge in [-0.1, -0.05) is 103 Å². The van der Waals surface area contributed by atoms with Gasteiger partial charge in [-0.05, 0) is 57.9 Å². The summed E-state index contributed by atoms with van der Waals surface area (Å²) >= 11 is 0. The molecule has 2 heterocycles. The number of carbonyl (C=O) groups is 1. The number of carbonyl (C=O) groups excluding carboxylic acids is 1. The van der Waals surface area contributed by atoms with Crippen molar-refractivity contribution in [1.82, 2.24) is 0 Å². The van der Waals surface area contributed by atoms with Gasteiger partial charge in [-0.2, -0.15) is 0 Å². The number of unbranched alkanes of at least 4 members (excludes halogenated alkanes) is 13. The summed E-state index contributed by atoms with van der Waals surface area (Å²) in [6.45, 7) is 4.07. The summed E-state index contributed by atoms with van der Waals surface area (Å²) in [6.07, 6.45) is 22.1. The summed E-state index contributed by atoms with van der Waals surface area (Å²) in [6, 6.07) is 0. The van der Waals surface area contributed by atoms with Gasteiger partial charge >= 0.3 is 5.97 Å². The van der Waals surface area contributed by atoms with E-state index in [9.17, 15) is 25.2 Å². The molecule has 7 nitrogen and oxygen atoms in total. The topological polar surface area (TPSA) is 116 Å². The van der Waals surface area contributed by atoms with Crippen LogP contribution in [0, 0.1) is 0 Å². The van der Waals surface area contributed by atoms with Crippen LogP contribution in [0.5, 0.6) is 0 Å². The van der Waals surface area contributed by atoms with Crippen LogP contribution in [0.4, 0.5) is 0 Å². The zero-order valence-electron chi connectivity index (χ0n) is 26.9. The summed E-state index contributed by atoms with van der Waals surface area (Å²) in [5.74, 6) is -0.322. The second-order valence-corrected chi connectivity index (χ2v) is 13.1. The van der Waals surface area contributed by atoms with Crippen LogP contribution in [-0.4, -0.2) is 69.1 Å². The van der Waals surface area contributed by atoms with Crippen LogP contribution in [0.2, 0.25) is 0 Å². The fraction of sp³-hybridized carbons (Fsp3) is 0.914. The minimum Gasteiger partial charge on any atom is -0.455 e. The van der Waals surface area contributed by atoms with E-state index in [0.29, 0.717) is 50.5 Å². The maximum absolute atomic E-state index is 11.7. The normalized spacial score (nSPS) is 24.8. The highest BCUT2D eigenvalue weighted by atomic mass is 16.5. The van der Waals surface area contributed by atoms with Crippen molar-refractivity contribution in [3.8, 4) is 0 Å². The Kier molecular flexibility index (Phi) is 19.9. The van der Waals surface area contributed by atoms with Crippen LogP contribution in [0.25, 0.3) is 0 Å². The van der Waals surface area contributed by atoms with Crippen LogP contribution in [0.15, 0.2) is 11.6 Å². The van der Waals surface area contributed by atoms with Crippen LogP contribution in [0.3, 0.4) is 0 Å². The third-order valence-corrected chi connectivity index (χ3v) is 9.11. The van der Waals surface area contributed by atoms with Gasteiger partial charge in [0, 0.05) is 12.0 Å². The molecule has 0 bridgehead atoms. The summed E-state index contributed by atoms with van der Waals surface area (Å²) < 4.78 is 11.2. The molecular weight excluding hydrogens is 532 g/mol. The van der Waals surface area contributed by atoms with E-state index in [-0.39, 0.29) is 24.3 Å². The number of hydrogen-bond donors (Lipinski definition) is 4. The van der Waals surface area contributed by atoms with E-state index in [2.05, 4.69) is 6.92 Å². The van der Waals surface area contributed by atoms with Crippen molar-refractivity contribution in [1.29, 1.82) is 0 Å². The first-order valence-corrected chi connectivity index (χ1v) is 17.6. The molecule has 1 fully saturated rings. The number of aliphatic hydroxyl groups excluding tert-OH is 4. The molecule has 0 aromatic heterocycles. The highest BCUT2D eigenvalue weighted by Gasteiger charge is 2.33. The van der Waals surface area contributed by atoms with Crippen molar-refractivity contribution in [2.45, 2.75) is 204 Å². The highest BCUT2D eigenvalue weighted by molar-refractivity contribution is 5.90. The molecule has 42 heavy (non-hydrogen) atoms. The Morgan fingerprint density at radius 2 is 1.33 bits per heavy atom. The Labute approximate surface area is 256 Å². The quantitative estimate of drug-likeness (QED) is 0.0658. The van der Waals surface area contributed by atoms with Gasteiger partial charge < -0.3 is 29.9 Å². The lowest BCUT2D eigenvalue weighted by atomic mass is 9.92. The monoisotopic (exact) mass is 596 g/mol. The minimum absolute atomic E-state index is 0.194. The minimum atomic E-state index is -0.619. The van der Waals surface area contributed by atoms with Crippen LogP contribution in [0.1, 0.15) is 162 Å². The molecule has 0 spiro atoms. The zero-order valence-corrected chi connectivity index (χ0v) is 26.9. The van der Waals surface area contributed by atoms with E-state index in [0.717, 1.165) is 32.1 Å². The van der Waals surface area contributed by atoms with Gasteiger partial charge in [0.2, 0.25) is 0 Å². The Hall–Kier alpha value is -0.990. The third kappa shape index (κ3) is 16.2. The maximum atomic E-state index is 11.7. The molecule has 0 amide bonds. The summed E-state index contributed by atoms with van der Waals surface area (Å²) in [7, 11) is 0. The number of rotatable bonds is 25. The maximum Gasteiger partial charge on any atom is 0.334 e. The second kappa shape index (κ2) is 22.5. The average Bonchev–Trinajstić information content (AvgIpc) is 3.28. The first-order chi connectivity index (χ1) is 20.3. The number of ether oxygens (including phenoxy) is 2. The molecule has 0 unspecified atom stereocenters. The third-order valence-electron chi connectivity index (χ3n) is 9.11. The predicted molar refractivity (Wildman–Crippen MR) is 168 cm³/mol. The first-order valence-electron chi connectivity index (χ1n) is 17.6. The largest absolute Gasteiger partial charge is 0.455 e. The Morgan fingerprint density at radius 1 is 0.762 bits per heavy atom. The number of hydrogen-bond acceptors (Lipinski definition) is 7. The number of cyclic esters (lactones) is 1. The molecule has 0 aliphatic carbocycles. The van der Waals surface area contributed by atoms with E-state index >= 15 is 0 Å². The lowest BCUT2D eigenvalue weighted by molar-refractivity contribution is -0.156. The lowest BCUT2D eigenvalue weighted by Gasteiger charge is -2.36. The van der Waals surface area contributed by atoms with Gasteiger partial charge in [-0.3, -0.25) is 0 Å². The second-order valence-electron chi connectivity index (χ2n) is 13.1. The molecule has 0 aromatic carbocycles. The molecule has 7 heteroatoms. The summed E-state index contributed by atoms with van der Waals surface area (Å²) in [5.41, 5.74) is 0.566. The van der Waals surface area contributed by atoms with E-state index in [1.165, 1.54) is 70.6 Å². The van der Waals surface area contributed by atoms with Crippen LogP contribution in [-0.2, 0) is 14.3 Å². The molecule has 7 atom stereocenters. The van der Waals surface area contributed by atoms with Gasteiger partial charge in [0.05, 0.1) is 36.6 Å². The molecule has 246 valence electrons. The molecule has 4 N–H and O–H groups in total. The highest BCUT2D eigenvalue weighted by Crippen LogP contribution is 2.28. The fourth-order valence-corrected chi connectivity index (χ4v) is 6.40. The van der Waals surface area contributed by atoms with E-state index in [4.69, 9.17) is 9.47 Å². The van der Waals surface area contributed by atoms with Crippen molar-refractivity contribution in [3.63, 3.8) is 0 Å². The van der Waals surface area contributed by atoms with E-state index in [1.807, 2.05) is 6.92 Å². The van der Waals surface area contributed by atoms with Gasteiger partial charge in [-0.15, -0.1) is 0 Å². The first kappa shape index (κ1) is 37.2. The molecule has 1 saturated heterocycles. The molecule has 2 rings (SSSR count). The van der Waals surface area contributed by atoms with Crippen LogP contribution >= 0.6 is 0 Å². The molecular formula is C35H64O7. The standard InChI is InChI=1S/C35H64O7/c1-3-4-5-6-7-8-9-10-11-12-13-17-20-33-32(39)23-24-34(42-33)31(38)22-21-29(36)18-15-14-16-19-30(37)26-28-25-27(2)41-35(28)40/h25,27,29-34,36-39H,3-24,26H2,1-2H3/t27-,29+,30+,31+,32+,33+,34+/m0/s1. The number of aliphatic hydroxyl groups is 4. The van der Waals surface area contributed by atoms with Crippen molar-refractivity contribution < 1.29 is 34.7 Å². The lowest BCUT2D eigenvalue weighted by Crippen LogP contribution is -2.44. The van der Waals surface area contributed by atoms with Crippen molar-refractivity contribution in [2.75, 3.05) is 0 Å². The summed E-state index contributed by atoms with van der Waals surface area (Å²) in [5, 5.41) is 41.8. The SMILES string of the molecule is CCCCCCCCCCCCCC[C@H]1O[C@@H]([C@H](O)CC[C@H](O)CCCCC[C@@H](O)CC2=C[C@H](C)OC2=O)CC[C@H]1O. The molecule has 2 aliphatic rings. The van der Waals surface area contributed by atoms with E-state index < -0.39 is 24.4 Å². The smallest absolute Gasteiger partial charge is 0.334 e. The van der Waals surface area contributed by atoms with Crippen molar-refractivity contribution in [3.05, 3.63) is 11.6 Å². The van der Waals surface area contributed by atoms with Crippen LogP contribution < -0.4 is 0 Å². The molecule has 0 aromatic rings. The van der Waals surface area contributed by atoms with Gasteiger partial charge in [0.25, 0.3) is 0 Å². The Balaban J connectivity index is 1.47. The molecule has 2 aliphatic heterocycles.